The summed E-state index contributed by atoms with van der Waals surface area (Å²) in [6, 6.07) is 12.0. The molecule has 0 amide bonds. The molecule has 1 unspecified atom stereocenters. The van der Waals surface area contributed by atoms with E-state index in [0.29, 0.717) is 17.0 Å². The van der Waals surface area contributed by atoms with E-state index in [1.165, 1.54) is 12.1 Å². The van der Waals surface area contributed by atoms with Gasteiger partial charge in [-0.3, -0.25) is 4.98 Å². The predicted octanol–water partition coefficient (Wildman–Crippen LogP) is 3.22. The first-order valence-corrected chi connectivity index (χ1v) is 5.91. The van der Waals surface area contributed by atoms with Crippen LogP contribution in [0.15, 0.2) is 53.1 Å². The maximum Gasteiger partial charge on any atom is 0.161 e. The van der Waals surface area contributed by atoms with E-state index >= 15 is 0 Å². The van der Waals surface area contributed by atoms with E-state index in [1.54, 1.807) is 13.0 Å². The van der Waals surface area contributed by atoms with Gasteiger partial charge in [0.05, 0.1) is 11.9 Å². The molecule has 3 aromatic rings. The van der Waals surface area contributed by atoms with Gasteiger partial charge in [0.1, 0.15) is 17.2 Å². The van der Waals surface area contributed by atoms with Gasteiger partial charge < -0.3 is 9.52 Å². The topological polar surface area (TPSA) is 46.3 Å². The first-order valence-electron chi connectivity index (χ1n) is 5.91. The Labute approximate surface area is 109 Å². The Morgan fingerprint density at radius 2 is 2.00 bits per heavy atom. The van der Waals surface area contributed by atoms with Crippen LogP contribution >= 0.6 is 0 Å². The van der Waals surface area contributed by atoms with Gasteiger partial charge in [-0.05, 0) is 31.2 Å². The number of aliphatic hydroxyl groups is 1. The first kappa shape index (κ1) is 11.9. The Balaban J connectivity index is 2.10. The van der Waals surface area contributed by atoms with Gasteiger partial charge in [0.15, 0.2) is 5.60 Å². The molecule has 1 aromatic carbocycles. The van der Waals surface area contributed by atoms with E-state index in [2.05, 4.69) is 4.98 Å². The molecule has 0 radical (unpaired) electrons. The molecule has 0 bridgehead atoms. The smallest absolute Gasteiger partial charge is 0.161 e. The Bertz CT molecular complexity index is 683. The molecule has 0 aliphatic heterocycles. The van der Waals surface area contributed by atoms with Crippen LogP contribution in [0.25, 0.3) is 11.0 Å². The highest BCUT2D eigenvalue weighted by molar-refractivity contribution is 5.78. The van der Waals surface area contributed by atoms with Crippen LogP contribution in [0.3, 0.4) is 0 Å². The largest absolute Gasteiger partial charge is 0.458 e. The zero-order valence-electron chi connectivity index (χ0n) is 10.3. The number of fused-ring (bicyclic) bond motifs is 1. The number of pyridine rings is 1. The number of para-hydroxylation sites is 1. The summed E-state index contributed by atoms with van der Waals surface area (Å²) in [5.41, 5.74) is -0.361. The maximum atomic E-state index is 12.9. The number of aromatic nitrogens is 1. The molecule has 0 fully saturated rings. The number of rotatable bonds is 2. The molecule has 2 heterocycles. The molecule has 0 aliphatic carbocycles. The molecule has 19 heavy (non-hydrogen) atoms. The summed E-state index contributed by atoms with van der Waals surface area (Å²) in [6.07, 6.45) is 1.08. The number of benzene rings is 1. The van der Waals surface area contributed by atoms with Crippen molar-refractivity contribution in [2.75, 3.05) is 0 Å². The Morgan fingerprint density at radius 3 is 2.68 bits per heavy atom. The molecular weight excluding hydrogens is 245 g/mol. The Kier molecular flexibility index (Phi) is 2.61. The van der Waals surface area contributed by atoms with Gasteiger partial charge in [0.2, 0.25) is 0 Å². The van der Waals surface area contributed by atoms with E-state index < -0.39 is 11.4 Å². The molecule has 0 spiro atoms. The van der Waals surface area contributed by atoms with Crippen LogP contribution in [0.5, 0.6) is 0 Å². The van der Waals surface area contributed by atoms with Crippen LogP contribution in [0.4, 0.5) is 4.39 Å². The van der Waals surface area contributed by atoms with Crippen molar-refractivity contribution in [1.29, 1.82) is 0 Å². The van der Waals surface area contributed by atoms with Gasteiger partial charge in [-0.2, -0.15) is 0 Å². The van der Waals surface area contributed by atoms with Crippen molar-refractivity contribution in [3.8, 4) is 0 Å². The molecule has 2 aromatic heterocycles. The minimum atomic E-state index is -1.40. The zero-order valence-corrected chi connectivity index (χ0v) is 10.3. The Morgan fingerprint density at radius 1 is 1.21 bits per heavy atom. The van der Waals surface area contributed by atoms with Gasteiger partial charge in [-0.15, -0.1) is 0 Å². The molecule has 1 atom stereocenters. The number of furan rings is 1. The average Bonchev–Trinajstić information content (AvgIpc) is 2.83. The van der Waals surface area contributed by atoms with E-state index in [1.807, 2.05) is 24.3 Å². The minimum absolute atomic E-state index is 0.341. The number of halogens is 1. The van der Waals surface area contributed by atoms with Crippen molar-refractivity contribution in [3.63, 3.8) is 0 Å². The van der Waals surface area contributed by atoms with Crippen LogP contribution < -0.4 is 0 Å². The normalized spacial score (nSPS) is 14.5. The second-order valence-corrected chi connectivity index (χ2v) is 4.58. The number of nitrogens with zero attached hydrogens (tertiary/aromatic N) is 1. The van der Waals surface area contributed by atoms with Gasteiger partial charge in [0.25, 0.3) is 0 Å². The van der Waals surface area contributed by atoms with Crippen molar-refractivity contribution in [2.45, 2.75) is 12.5 Å². The Hall–Kier alpha value is -2.20. The van der Waals surface area contributed by atoms with Gasteiger partial charge >= 0.3 is 0 Å². The van der Waals surface area contributed by atoms with Crippen LogP contribution in [0, 0.1) is 5.82 Å². The lowest BCUT2D eigenvalue weighted by Crippen LogP contribution is -2.23. The summed E-state index contributed by atoms with van der Waals surface area (Å²) in [7, 11) is 0. The molecule has 96 valence electrons. The van der Waals surface area contributed by atoms with Gasteiger partial charge in [0, 0.05) is 5.39 Å². The van der Waals surface area contributed by atoms with Crippen molar-refractivity contribution in [3.05, 3.63) is 65.9 Å². The standard InChI is InChI=1S/C15H12FNO2/c1-15(18,13-7-6-11(16)9-17-13)14-8-10-4-2-3-5-12(10)19-14/h2-9,18H,1H3. The van der Waals surface area contributed by atoms with E-state index in [4.69, 9.17) is 4.42 Å². The summed E-state index contributed by atoms with van der Waals surface area (Å²) in [5.74, 6) is -0.0584. The van der Waals surface area contributed by atoms with Crippen molar-refractivity contribution >= 4 is 11.0 Å². The fraction of sp³-hybridized carbons (Fsp3) is 0.133. The second kappa shape index (κ2) is 4.17. The zero-order chi connectivity index (χ0) is 13.5. The third-order valence-electron chi connectivity index (χ3n) is 3.13. The first-order chi connectivity index (χ1) is 9.07. The van der Waals surface area contributed by atoms with E-state index in [9.17, 15) is 9.50 Å². The van der Waals surface area contributed by atoms with Crippen molar-refractivity contribution in [2.24, 2.45) is 0 Å². The second-order valence-electron chi connectivity index (χ2n) is 4.58. The highest BCUT2D eigenvalue weighted by Crippen LogP contribution is 2.32. The number of hydrogen-bond acceptors (Lipinski definition) is 3. The summed E-state index contributed by atoms with van der Waals surface area (Å²) in [6.45, 7) is 1.57. The monoisotopic (exact) mass is 257 g/mol. The van der Waals surface area contributed by atoms with Gasteiger partial charge in [-0.25, -0.2) is 4.39 Å². The fourth-order valence-electron chi connectivity index (χ4n) is 2.01. The van der Waals surface area contributed by atoms with E-state index in [0.717, 1.165) is 11.6 Å². The lowest BCUT2D eigenvalue weighted by atomic mass is 9.98. The summed E-state index contributed by atoms with van der Waals surface area (Å²) >= 11 is 0. The third-order valence-corrected chi connectivity index (χ3v) is 3.13. The van der Waals surface area contributed by atoms with E-state index in [-0.39, 0.29) is 0 Å². The summed E-state index contributed by atoms with van der Waals surface area (Å²) in [5, 5.41) is 11.5. The molecule has 3 nitrogen and oxygen atoms in total. The molecule has 3 rings (SSSR count). The highest BCUT2D eigenvalue weighted by atomic mass is 19.1. The van der Waals surface area contributed by atoms with Crippen LogP contribution in [0.1, 0.15) is 18.4 Å². The lowest BCUT2D eigenvalue weighted by molar-refractivity contribution is 0.0740. The number of hydrogen-bond donors (Lipinski definition) is 1. The maximum absolute atomic E-state index is 12.9. The minimum Gasteiger partial charge on any atom is -0.458 e. The summed E-state index contributed by atoms with van der Waals surface area (Å²) in [4.78, 5) is 3.91. The SMILES string of the molecule is CC(O)(c1ccc(F)cn1)c1cc2ccccc2o1. The molecule has 1 N–H and O–H groups in total. The predicted molar refractivity (Wildman–Crippen MR) is 69.1 cm³/mol. The summed E-state index contributed by atoms with van der Waals surface area (Å²) < 4.78 is 18.5. The van der Waals surface area contributed by atoms with Crippen LogP contribution in [-0.4, -0.2) is 10.1 Å². The highest BCUT2D eigenvalue weighted by Gasteiger charge is 2.31. The average molecular weight is 257 g/mol. The molecule has 0 aliphatic rings. The lowest BCUT2D eigenvalue weighted by Gasteiger charge is -2.19. The van der Waals surface area contributed by atoms with Crippen LogP contribution in [-0.2, 0) is 5.60 Å². The van der Waals surface area contributed by atoms with Crippen molar-refractivity contribution < 1.29 is 13.9 Å². The van der Waals surface area contributed by atoms with Gasteiger partial charge in [-0.1, -0.05) is 18.2 Å². The third kappa shape index (κ3) is 2.00. The molecule has 4 heteroatoms. The van der Waals surface area contributed by atoms with Crippen molar-refractivity contribution in [1.82, 2.24) is 4.98 Å². The quantitative estimate of drug-likeness (QED) is 0.766. The molecular formula is C15H12FNO2. The molecule has 0 saturated carbocycles. The van der Waals surface area contributed by atoms with Crippen LogP contribution in [0.2, 0.25) is 0 Å². The fourth-order valence-corrected chi connectivity index (χ4v) is 2.01. The molecule has 0 saturated heterocycles.